The van der Waals surface area contributed by atoms with E-state index in [0.717, 1.165) is 11.1 Å². The predicted octanol–water partition coefficient (Wildman–Crippen LogP) is 3.18. The largest absolute Gasteiger partial charge is 0.493 e. The van der Waals surface area contributed by atoms with Crippen LogP contribution in [0.5, 0.6) is 11.5 Å². The molecule has 1 aromatic heterocycles. The van der Waals surface area contributed by atoms with E-state index in [-0.39, 0.29) is 17.4 Å². The number of methoxy groups -OCH3 is 2. The number of anilines is 1. The van der Waals surface area contributed by atoms with Crippen molar-refractivity contribution in [3.05, 3.63) is 77.5 Å². The fourth-order valence-electron chi connectivity index (χ4n) is 2.64. The smallest absolute Gasteiger partial charge is 0.270 e. The van der Waals surface area contributed by atoms with E-state index in [1.54, 1.807) is 44.6 Å². The molecule has 0 saturated heterocycles. The summed E-state index contributed by atoms with van der Waals surface area (Å²) in [4.78, 5) is 20.6. The van der Waals surface area contributed by atoms with Gasteiger partial charge in [0.25, 0.3) is 5.91 Å². The summed E-state index contributed by atoms with van der Waals surface area (Å²) in [5, 5.41) is 5.91. The van der Waals surface area contributed by atoms with Crippen LogP contribution in [-0.2, 0) is 13.1 Å². The van der Waals surface area contributed by atoms with Crippen molar-refractivity contribution < 1.29 is 18.7 Å². The molecule has 150 valence electrons. The van der Waals surface area contributed by atoms with E-state index in [2.05, 4.69) is 20.6 Å². The summed E-state index contributed by atoms with van der Waals surface area (Å²) in [6.07, 6.45) is 1.32. The van der Waals surface area contributed by atoms with Crippen LogP contribution in [0.3, 0.4) is 0 Å². The van der Waals surface area contributed by atoms with Gasteiger partial charge in [0.2, 0.25) is 0 Å². The maximum absolute atomic E-state index is 13.0. The lowest BCUT2D eigenvalue weighted by molar-refractivity contribution is 0.0945. The second kappa shape index (κ2) is 9.50. The highest BCUT2D eigenvalue weighted by atomic mass is 19.1. The number of rotatable bonds is 8. The first-order valence-electron chi connectivity index (χ1n) is 8.88. The Bertz CT molecular complexity index is 980. The summed E-state index contributed by atoms with van der Waals surface area (Å²) in [6.45, 7) is 0.755. The van der Waals surface area contributed by atoms with Crippen LogP contribution in [0.1, 0.15) is 21.6 Å². The van der Waals surface area contributed by atoms with Crippen molar-refractivity contribution in [2.75, 3.05) is 19.5 Å². The van der Waals surface area contributed by atoms with E-state index in [0.29, 0.717) is 30.4 Å². The van der Waals surface area contributed by atoms with Crippen molar-refractivity contribution in [3.63, 3.8) is 0 Å². The molecule has 0 aliphatic carbocycles. The molecule has 0 aliphatic rings. The van der Waals surface area contributed by atoms with Gasteiger partial charge in [0, 0.05) is 19.2 Å². The Hall–Kier alpha value is -3.68. The molecule has 0 saturated carbocycles. The fraction of sp³-hybridized carbons (Fsp3) is 0.190. The first kappa shape index (κ1) is 20.1. The molecule has 0 bridgehead atoms. The van der Waals surface area contributed by atoms with E-state index in [1.807, 2.05) is 6.07 Å². The van der Waals surface area contributed by atoms with Gasteiger partial charge in [-0.25, -0.2) is 14.4 Å². The maximum atomic E-state index is 13.0. The van der Waals surface area contributed by atoms with Gasteiger partial charge in [-0.05, 0) is 35.4 Å². The van der Waals surface area contributed by atoms with E-state index in [4.69, 9.17) is 9.47 Å². The molecule has 8 heteroatoms. The zero-order chi connectivity index (χ0) is 20.6. The summed E-state index contributed by atoms with van der Waals surface area (Å²) in [7, 11) is 3.12. The topological polar surface area (TPSA) is 85.4 Å². The standard InChI is InChI=1S/C21H21FN4O3/c1-28-18-8-5-15(9-19(18)29-2)12-24-21(27)17-10-20(26-13-25-17)23-11-14-3-6-16(22)7-4-14/h3-10,13H,11-12H2,1-2H3,(H,24,27)(H,23,25,26). The molecule has 0 unspecified atom stereocenters. The van der Waals surface area contributed by atoms with Crippen molar-refractivity contribution in [2.24, 2.45) is 0 Å². The van der Waals surface area contributed by atoms with E-state index in [1.165, 1.54) is 18.5 Å². The van der Waals surface area contributed by atoms with Gasteiger partial charge in [-0.2, -0.15) is 0 Å². The summed E-state index contributed by atoms with van der Waals surface area (Å²) < 4.78 is 23.4. The lowest BCUT2D eigenvalue weighted by Gasteiger charge is -2.10. The molecule has 1 heterocycles. The summed E-state index contributed by atoms with van der Waals surface area (Å²) >= 11 is 0. The number of carbonyl (C=O) groups is 1. The highest BCUT2D eigenvalue weighted by molar-refractivity contribution is 5.92. The molecule has 1 amide bonds. The molecule has 3 aromatic rings. The maximum Gasteiger partial charge on any atom is 0.270 e. The van der Waals surface area contributed by atoms with Crippen LogP contribution in [0.4, 0.5) is 10.2 Å². The summed E-state index contributed by atoms with van der Waals surface area (Å²) in [5.41, 5.74) is 1.99. The summed E-state index contributed by atoms with van der Waals surface area (Å²) in [5.74, 6) is 1.10. The molecule has 0 aliphatic heterocycles. The number of amides is 1. The number of aromatic nitrogens is 2. The fourth-order valence-corrected chi connectivity index (χ4v) is 2.64. The minimum Gasteiger partial charge on any atom is -0.493 e. The van der Waals surface area contributed by atoms with Gasteiger partial charge in [-0.15, -0.1) is 0 Å². The molecule has 2 N–H and O–H groups in total. The Labute approximate surface area is 167 Å². The van der Waals surface area contributed by atoms with Gasteiger partial charge in [0.05, 0.1) is 14.2 Å². The van der Waals surface area contributed by atoms with Crippen LogP contribution in [0, 0.1) is 5.82 Å². The molecule has 0 spiro atoms. The monoisotopic (exact) mass is 396 g/mol. The third-order valence-corrected chi connectivity index (χ3v) is 4.19. The minimum absolute atomic E-state index is 0.238. The van der Waals surface area contributed by atoms with Crippen LogP contribution in [0.2, 0.25) is 0 Å². The first-order chi connectivity index (χ1) is 14.1. The molecule has 29 heavy (non-hydrogen) atoms. The molecular formula is C21H21FN4O3. The van der Waals surface area contributed by atoms with Gasteiger partial charge in [-0.1, -0.05) is 18.2 Å². The zero-order valence-electron chi connectivity index (χ0n) is 16.1. The Morgan fingerprint density at radius 1 is 0.931 bits per heavy atom. The minimum atomic E-state index is -0.327. The van der Waals surface area contributed by atoms with Crippen molar-refractivity contribution in [1.29, 1.82) is 0 Å². The van der Waals surface area contributed by atoms with Crippen LogP contribution in [0.25, 0.3) is 0 Å². The lowest BCUT2D eigenvalue weighted by atomic mass is 10.2. The Balaban J connectivity index is 1.59. The number of halogens is 1. The summed E-state index contributed by atoms with van der Waals surface area (Å²) in [6, 6.07) is 13.1. The van der Waals surface area contributed by atoms with Crippen molar-refractivity contribution in [1.82, 2.24) is 15.3 Å². The van der Waals surface area contributed by atoms with Gasteiger partial charge >= 0.3 is 0 Å². The van der Waals surface area contributed by atoms with Crippen molar-refractivity contribution in [3.8, 4) is 11.5 Å². The quantitative estimate of drug-likeness (QED) is 0.608. The number of benzene rings is 2. The molecule has 3 rings (SSSR count). The molecule has 0 atom stereocenters. The third-order valence-electron chi connectivity index (χ3n) is 4.19. The molecule has 0 radical (unpaired) electrons. The van der Waals surface area contributed by atoms with Crippen LogP contribution in [0.15, 0.2) is 54.9 Å². The third kappa shape index (κ3) is 5.41. The van der Waals surface area contributed by atoms with Crippen LogP contribution in [-0.4, -0.2) is 30.1 Å². The average molecular weight is 396 g/mol. The average Bonchev–Trinajstić information content (AvgIpc) is 2.77. The lowest BCUT2D eigenvalue weighted by Crippen LogP contribution is -2.24. The number of hydrogen-bond donors (Lipinski definition) is 2. The highest BCUT2D eigenvalue weighted by Gasteiger charge is 2.10. The number of carbonyl (C=O) groups excluding carboxylic acids is 1. The highest BCUT2D eigenvalue weighted by Crippen LogP contribution is 2.27. The van der Waals surface area contributed by atoms with E-state index >= 15 is 0 Å². The first-order valence-corrected chi connectivity index (χ1v) is 8.88. The second-order valence-corrected chi connectivity index (χ2v) is 6.14. The van der Waals surface area contributed by atoms with Gasteiger partial charge in [-0.3, -0.25) is 4.79 Å². The molecule has 7 nitrogen and oxygen atoms in total. The normalized spacial score (nSPS) is 10.3. The van der Waals surface area contributed by atoms with Crippen molar-refractivity contribution >= 4 is 11.7 Å². The van der Waals surface area contributed by atoms with E-state index < -0.39 is 0 Å². The van der Waals surface area contributed by atoms with Gasteiger partial charge < -0.3 is 20.1 Å². The Morgan fingerprint density at radius 2 is 1.66 bits per heavy atom. The van der Waals surface area contributed by atoms with Crippen LogP contribution >= 0.6 is 0 Å². The Kier molecular flexibility index (Phi) is 6.57. The number of ether oxygens (including phenoxy) is 2. The number of nitrogens with zero attached hydrogens (tertiary/aromatic N) is 2. The number of hydrogen-bond acceptors (Lipinski definition) is 6. The van der Waals surface area contributed by atoms with Crippen LogP contribution < -0.4 is 20.1 Å². The molecular weight excluding hydrogens is 375 g/mol. The second-order valence-electron chi connectivity index (χ2n) is 6.14. The van der Waals surface area contributed by atoms with Gasteiger partial charge in [0.1, 0.15) is 23.7 Å². The van der Waals surface area contributed by atoms with E-state index in [9.17, 15) is 9.18 Å². The zero-order valence-corrected chi connectivity index (χ0v) is 16.1. The Morgan fingerprint density at radius 3 is 2.38 bits per heavy atom. The van der Waals surface area contributed by atoms with Crippen molar-refractivity contribution in [2.45, 2.75) is 13.1 Å². The van der Waals surface area contributed by atoms with Gasteiger partial charge in [0.15, 0.2) is 11.5 Å². The number of nitrogens with one attached hydrogen (secondary N) is 2. The predicted molar refractivity (Wildman–Crippen MR) is 106 cm³/mol. The molecule has 2 aromatic carbocycles. The molecule has 0 fully saturated rings. The SMILES string of the molecule is COc1ccc(CNC(=O)c2cc(NCc3ccc(F)cc3)ncn2)cc1OC.